The first kappa shape index (κ1) is 12.0. The summed E-state index contributed by atoms with van der Waals surface area (Å²) in [6.07, 6.45) is 1.51. The number of amides is 2. The zero-order valence-corrected chi connectivity index (χ0v) is 11.0. The van der Waals surface area contributed by atoms with Gasteiger partial charge in [-0.15, -0.1) is 0 Å². The van der Waals surface area contributed by atoms with Crippen LogP contribution in [-0.2, 0) is 4.79 Å². The van der Waals surface area contributed by atoms with Gasteiger partial charge in [0, 0.05) is 26.3 Å². The Bertz CT molecular complexity index is 447. The molecular formula is C11H12BrN3O2. The molecular weight excluding hydrogens is 286 g/mol. The average Bonchev–Trinajstić information content (AvgIpc) is 2.33. The third-order valence-electron chi connectivity index (χ3n) is 2.72. The minimum atomic E-state index is -0.147. The SMILES string of the molecule is CN1CCN(C(=O)c2ccc(Br)nc2)CC1=O. The van der Waals surface area contributed by atoms with E-state index in [2.05, 4.69) is 20.9 Å². The quantitative estimate of drug-likeness (QED) is 0.719. The van der Waals surface area contributed by atoms with Crippen LogP contribution in [-0.4, -0.2) is 53.3 Å². The van der Waals surface area contributed by atoms with E-state index in [-0.39, 0.29) is 18.4 Å². The number of piperazine rings is 1. The van der Waals surface area contributed by atoms with Gasteiger partial charge in [0.2, 0.25) is 5.91 Å². The Morgan fingerprint density at radius 3 is 2.76 bits per heavy atom. The number of likely N-dealkylation sites (N-methyl/N-ethyl adjacent to an activating group) is 1. The molecule has 1 aliphatic heterocycles. The van der Waals surface area contributed by atoms with Crippen molar-refractivity contribution < 1.29 is 9.59 Å². The highest BCUT2D eigenvalue weighted by Gasteiger charge is 2.25. The van der Waals surface area contributed by atoms with E-state index in [0.717, 1.165) is 0 Å². The molecule has 2 heterocycles. The maximum absolute atomic E-state index is 12.1. The lowest BCUT2D eigenvalue weighted by Crippen LogP contribution is -2.50. The molecule has 0 aromatic carbocycles. The Kier molecular flexibility index (Phi) is 3.42. The van der Waals surface area contributed by atoms with Crippen molar-refractivity contribution in [1.82, 2.24) is 14.8 Å². The predicted octanol–water partition coefficient (Wildman–Crippen LogP) is 0.758. The fourth-order valence-corrected chi connectivity index (χ4v) is 1.85. The van der Waals surface area contributed by atoms with Crippen molar-refractivity contribution in [3.63, 3.8) is 0 Å². The molecule has 1 saturated heterocycles. The fraction of sp³-hybridized carbons (Fsp3) is 0.364. The zero-order chi connectivity index (χ0) is 12.4. The Morgan fingerprint density at radius 2 is 2.18 bits per heavy atom. The number of rotatable bonds is 1. The number of halogens is 1. The zero-order valence-electron chi connectivity index (χ0n) is 9.39. The molecule has 6 heteroatoms. The molecule has 0 spiro atoms. The maximum atomic E-state index is 12.1. The van der Waals surface area contributed by atoms with E-state index < -0.39 is 0 Å². The monoisotopic (exact) mass is 297 g/mol. The number of aromatic nitrogens is 1. The van der Waals surface area contributed by atoms with Crippen molar-refractivity contribution in [1.29, 1.82) is 0 Å². The summed E-state index contributed by atoms with van der Waals surface area (Å²) in [4.78, 5) is 30.7. The lowest BCUT2D eigenvalue weighted by atomic mass is 10.2. The van der Waals surface area contributed by atoms with Crippen LogP contribution in [0.5, 0.6) is 0 Å². The molecule has 2 rings (SSSR count). The van der Waals surface area contributed by atoms with E-state index in [1.165, 1.54) is 6.20 Å². The summed E-state index contributed by atoms with van der Waals surface area (Å²) in [5, 5.41) is 0. The lowest BCUT2D eigenvalue weighted by Gasteiger charge is -2.31. The Morgan fingerprint density at radius 1 is 1.41 bits per heavy atom. The van der Waals surface area contributed by atoms with Gasteiger partial charge in [0.15, 0.2) is 0 Å². The number of nitrogens with zero attached hydrogens (tertiary/aromatic N) is 3. The first-order valence-electron chi connectivity index (χ1n) is 5.23. The molecule has 0 radical (unpaired) electrons. The summed E-state index contributed by atoms with van der Waals surface area (Å²) in [5.41, 5.74) is 0.505. The molecule has 0 atom stereocenters. The van der Waals surface area contributed by atoms with Gasteiger partial charge < -0.3 is 9.80 Å². The van der Waals surface area contributed by atoms with Gasteiger partial charge in [-0.05, 0) is 28.1 Å². The highest BCUT2D eigenvalue weighted by Crippen LogP contribution is 2.10. The summed E-state index contributed by atoms with van der Waals surface area (Å²) < 4.78 is 0.684. The van der Waals surface area contributed by atoms with Crippen LogP contribution >= 0.6 is 15.9 Å². The van der Waals surface area contributed by atoms with E-state index >= 15 is 0 Å². The van der Waals surface area contributed by atoms with Gasteiger partial charge in [-0.25, -0.2) is 4.98 Å². The van der Waals surface area contributed by atoms with E-state index in [0.29, 0.717) is 23.3 Å². The Labute approximate surface area is 108 Å². The van der Waals surface area contributed by atoms with Crippen molar-refractivity contribution in [3.8, 4) is 0 Å². The van der Waals surface area contributed by atoms with Crippen LogP contribution in [0.15, 0.2) is 22.9 Å². The van der Waals surface area contributed by atoms with Crippen molar-refractivity contribution in [2.24, 2.45) is 0 Å². The van der Waals surface area contributed by atoms with E-state index in [9.17, 15) is 9.59 Å². The number of pyridine rings is 1. The molecule has 0 unspecified atom stereocenters. The number of carbonyl (C=O) groups excluding carboxylic acids is 2. The Hall–Kier alpha value is -1.43. The molecule has 0 bridgehead atoms. The van der Waals surface area contributed by atoms with Gasteiger partial charge in [0.05, 0.1) is 5.56 Å². The fourth-order valence-electron chi connectivity index (χ4n) is 1.62. The van der Waals surface area contributed by atoms with Crippen LogP contribution in [0.25, 0.3) is 0 Å². The van der Waals surface area contributed by atoms with Gasteiger partial charge in [-0.3, -0.25) is 9.59 Å². The summed E-state index contributed by atoms with van der Waals surface area (Å²) in [5.74, 6) is -0.180. The van der Waals surface area contributed by atoms with Gasteiger partial charge in [-0.1, -0.05) is 0 Å². The highest BCUT2D eigenvalue weighted by molar-refractivity contribution is 9.10. The van der Waals surface area contributed by atoms with Gasteiger partial charge >= 0.3 is 0 Å². The lowest BCUT2D eigenvalue weighted by molar-refractivity contribution is -0.133. The minimum Gasteiger partial charge on any atom is -0.342 e. The summed E-state index contributed by atoms with van der Waals surface area (Å²) in [6, 6.07) is 3.41. The van der Waals surface area contributed by atoms with Crippen LogP contribution in [0.4, 0.5) is 0 Å². The molecule has 17 heavy (non-hydrogen) atoms. The number of hydrogen-bond acceptors (Lipinski definition) is 3. The van der Waals surface area contributed by atoms with Crippen molar-refractivity contribution in [2.45, 2.75) is 0 Å². The standard InChI is InChI=1S/C11H12BrN3O2/c1-14-4-5-15(7-10(14)16)11(17)8-2-3-9(12)13-6-8/h2-3,6H,4-5,7H2,1H3. The van der Waals surface area contributed by atoms with E-state index in [4.69, 9.17) is 0 Å². The van der Waals surface area contributed by atoms with Gasteiger partial charge in [0.1, 0.15) is 11.1 Å². The topological polar surface area (TPSA) is 53.5 Å². The second-order valence-electron chi connectivity index (χ2n) is 3.91. The summed E-state index contributed by atoms with van der Waals surface area (Å²) >= 11 is 3.21. The molecule has 5 nitrogen and oxygen atoms in total. The molecule has 0 saturated carbocycles. The third-order valence-corrected chi connectivity index (χ3v) is 3.19. The highest BCUT2D eigenvalue weighted by atomic mass is 79.9. The van der Waals surface area contributed by atoms with Crippen LogP contribution in [0.2, 0.25) is 0 Å². The third kappa shape index (κ3) is 2.63. The maximum Gasteiger partial charge on any atom is 0.255 e. The van der Waals surface area contributed by atoms with Crippen molar-refractivity contribution in [2.75, 3.05) is 26.7 Å². The molecule has 90 valence electrons. The molecule has 1 aromatic heterocycles. The molecule has 1 fully saturated rings. The first-order chi connectivity index (χ1) is 8.08. The minimum absolute atomic E-state index is 0.0327. The number of carbonyl (C=O) groups is 2. The molecule has 2 amide bonds. The van der Waals surface area contributed by atoms with Crippen LogP contribution in [0.1, 0.15) is 10.4 Å². The normalized spacial score (nSPS) is 16.2. The van der Waals surface area contributed by atoms with Crippen LogP contribution < -0.4 is 0 Å². The van der Waals surface area contributed by atoms with Gasteiger partial charge in [-0.2, -0.15) is 0 Å². The Balaban J connectivity index is 2.10. The summed E-state index contributed by atoms with van der Waals surface area (Å²) in [6.45, 7) is 1.29. The molecule has 0 aliphatic carbocycles. The second kappa shape index (κ2) is 4.83. The molecule has 1 aromatic rings. The molecule has 0 N–H and O–H groups in total. The van der Waals surface area contributed by atoms with Crippen LogP contribution in [0.3, 0.4) is 0 Å². The second-order valence-corrected chi connectivity index (χ2v) is 4.72. The van der Waals surface area contributed by atoms with Crippen LogP contribution in [0, 0.1) is 0 Å². The molecule has 1 aliphatic rings. The van der Waals surface area contributed by atoms with E-state index in [1.807, 2.05) is 0 Å². The largest absolute Gasteiger partial charge is 0.342 e. The smallest absolute Gasteiger partial charge is 0.255 e. The first-order valence-corrected chi connectivity index (χ1v) is 6.02. The van der Waals surface area contributed by atoms with Crippen molar-refractivity contribution >= 4 is 27.7 Å². The average molecular weight is 298 g/mol. The van der Waals surface area contributed by atoms with Gasteiger partial charge in [0.25, 0.3) is 5.91 Å². The van der Waals surface area contributed by atoms with E-state index in [1.54, 1.807) is 29.0 Å². The predicted molar refractivity (Wildman–Crippen MR) is 65.5 cm³/mol. The number of hydrogen-bond donors (Lipinski definition) is 0. The summed E-state index contributed by atoms with van der Waals surface area (Å²) in [7, 11) is 1.74. The van der Waals surface area contributed by atoms with Crippen molar-refractivity contribution in [3.05, 3.63) is 28.5 Å².